The van der Waals surface area contributed by atoms with Gasteiger partial charge in [0.15, 0.2) is 0 Å². The van der Waals surface area contributed by atoms with Crippen LogP contribution in [0.5, 0.6) is 0 Å². The summed E-state index contributed by atoms with van der Waals surface area (Å²) < 4.78 is 0. The summed E-state index contributed by atoms with van der Waals surface area (Å²) in [5.74, 6) is 0.736. The first kappa shape index (κ1) is 15.6. The fraction of sp³-hybridized carbons (Fsp3) is 0.684. The van der Waals surface area contributed by atoms with Crippen molar-refractivity contribution in [3.63, 3.8) is 0 Å². The highest BCUT2D eigenvalue weighted by Gasteiger charge is 2.41. The summed E-state index contributed by atoms with van der Waals surface area (Å²) >= 11 is 0. The van der Waals surface area contributed by atoms with Crippen molar-refractivity contribution in [2.75, 3.05) is 6.54 Å². The van der Waals surface area contributed by atoms with Crippen LogP contribution >= 0.6 is 0 Å². The molecular formula is C19H31N. The topological polar surface area (TPSA) is 12.0 Å². The van der Waals surface area contributed by atoms with Crippen molar-refractivity contribution in [3.8, 4) is 0 Å². The summed E-state index contributed by atoms with van der Waals surface area (Å²) in [6.07, 6.45) is 6.74. The van der Waals surface area contributed by atoms with Gasteiger partial charge in [0.05, 0.1) is 0 Å². The van der Waals surface area contributed by atoms with Crippen LogP contribution in [-0.2, 0) is 6.42 Å². The highest BCUT2D eigenvalue weighted by molar-refractivity contribution is 5.25. The van der Waals surface area contributed by atoms with E-state index in [1.807, 2.05) is 0 Å². The largest absolute Gasteiger partial charge is 0.310 e. The van der Waals surface area contributed by atoms with Crippen molar-refractivity contribution >= 4 is 0 Å². The molecule has 1 aliphatic carbocycles. The van der Waals surface area contributed by atoms with Crippen molar-refractivity contribution < 1.29 is 0 Å². The minimum Gasteiger partial charge on any atom is -0.310 e. The molecule has 0 heterocycles. The van der Waals surface area contributed by atoms with Gasteiger partial charge in [-0.3, -0.25) is 0 Å². The molecule has 0 aliphatic heterocycles. The van der Waals surface area contributed by atoms with Crippen molar-refractivity contribution in [1.29, 1.82) is 0 Å². The first-order valence-corrected chi connectivity index (χ1v) is 8.37. The van der Waals surface area contributed by atoms with E-state index in [-0.39, 0.29) is 0 Å². The van der Waals surface area contributed by atoms with E-state index in [1.165, 1.54) is 49.8 Å². The van der Waals surface area contributed by atoms with Crippen molar-refractivity contribution in [3.05, 3.63) is 35.4 Å². The highest BCUT2D eigenvalue weighted by atomic mass is 14.9. The molecule has 1 aromatic carbocycles. The third-order valence-electron chi connectivity index (χ3n) is 4.64. The van der Waals surface area contributed by atoms with Gasteiger partial charge in [-0.1, -0.05) is 51.5 Å². The lowest BCUT2D eigenvalue weighted by Gasteiger charge is -2.20. The fourth-order valence-corrected chi connectivity index (χ4v) is 3.12. The zero-order valence-electron chi connectivity index (χ0n) is 13.7. The number of benzene rings is 1. The molecule has 0 spiro atoms. The second-order valence-electron chi connectivity index (χ2n) is 7.19. The Bertz CT molecular complexity index is 400. The molecule has 1 heteroatoms. The predicted octanol–water partition coefficient (Wildman–Crippen LogP) is 5.12. The third-order valence-corrected chi connectivity index (χ3v) is 4.64. The lowest BCUT2D eigenvalue weighted by atomic mass is 9.98. The molecule has 20 heavy (non-hydrogen) atoms. The molecule has 112 valence electrons. The van der Waals surface area contributed by atoms with Crippen LogP contribution < -0.4 is 5.32 Å². The van der Waals surface area contributed by atoms with Crippen LogP contribution in [0.2, 0.25) is 0 Å². The van der Waals surface area contributed by atoms with Crippen molar-refractivity contribution in [2.24, 2.45) is 11.3 Å². The molecule has 0 saturated heterocycles. The Morgan fingerprint density at radius 2 is 1.75 bits per heavy atom. The third kappa shape index (κ3) is 4.34. The molecule has 1 N–H and O–H groups in total. The van der Waals surface area contributed by atoms with Gasteiger partial charge < -0.3 is 5.32 Å². The molecule has 2 rings (SSSR count). The maximum atomic E-state index is 3.75. The van der Waals surface area contributed by atoms with Gasteiger partial charge in [-0.05, 0) is 55.1 Å². The molecular weight excluding hydrogens is 242 g/mol. The molecule has 0 radical (unpaired) electrons. The van der Waals surface area contributed by atoms with Crippen LogP contribution in [0.1, 0.15) is 70.5 Å². The van der Waals surface area contributed by atoms with Crippen LogP contribution in [0.4, 0.5) is 0 Å². The van der Waals surface area contributed by atoms with E-state index in [1.54, 1.807) is 0 Å². The average Bonchev–Trinajstić information content (AvgIpc) is 3.17. The lowest BCUT2D eigenvalue weighted by molar-refractivity contribution is 0.397. The molecule has 1 nitrogen and oxygen atoms in total. The van der Waals surface area contributed by atoms with E-state index in [0.29, 0.717) is 11.5 Å². The first-order valence-electron chi connectivity index (χ1n) is 8.37. The van der Waals surface area contributed by atoms with E-state index in [9.17, 15) is 0 Å². The fourth-order valence-electron chi connectivity index (χ4n) is 3.12. The van der Waals surface area contributed by atoms with Gasteiger partial charge in [-0.15, -0.1) is 0 Å². The molecule has 1 atom stereocenters. The summed E-state index contributed by atoms with van der Waals surface area (Å²) in [7, 11) is 0. The van der Waals surface area contributed by atoms with Gasteiger partial charge >= 0.3 is 0 Å². The molecule has 1 unspecified atom stereocenters. The zero-order valence-corrected chi connectivity index (χ0v) is 13.7. The molecule has 1 saturated carbocycles. The van der Waals surface area contributed by atoms with Crippen molar-refractivity contribution in [1.82, 2.24) is 5.32 Å². The summed E-state index contributed by atoms with van der Waals surface area (Å²) in [4.78, 5) is 0. The smallest absolute Gasteiger partial charge is 0.0292 e. The second kappa shape index (κ2) is 6.76. The summed E-state index contributed by atoms with van der Waals surface area (Å²) in [5, 5.41) is 3.75. The Balaban J connectivity index is 1.84. The SMILES string of the molecule is CCCC1(CNC(C)c2ccc(CC(C)C)cc2)CC1. The van der Waals surface area contributed by atoms with E-state index < -0.39 is 0 Å². The minimum atomic E-state index is 0.470. The maximum absolute atomic E-state index is 3.75. The number of hydrogen-bond acceptors (Lipinski definition) is 1. The molecule has 0 aromatic heterocycles. The normalized spacial score (nSPS) is 18.2. The predicted molar refractivity (Wildman–Crippen MR) is 88.0 cm³/mol. The van der Waals surface area contributed by atoms with Gasteiger partial charge in [0.1, 0.15) is 0 Å². The molecule has 0 amide bonds. The summed E-state index contributed by atoms with van der Waals surface area (Å²) in [6.45, 7) is 10.3. The number of hydrogen-bond donors (Lipinski definition) is 1. The Kier molecular flexibility index (Phi) is 5.26. The molecule has 1 fully saturated rings. The summed E-state index contributed by atoms with van der Waals surface area (Å²) in [5.41, 5.74) is 3.52. The van der Waals surface area contributed by atoms with Gasteiger partial charge in [0, 0.05) is 12.6 Å². The lowest BCUT2D eigenvalue weighted by Crippen LogP contribution is -2.26. The van der Waals surface area contributed by atoms with E-state index >= 15 is 0 Å². The quantitative estimate of drug-likeness (QED) is 0.693. The molecule has 1 aromatic rings. The van der Waals surface area contributed by atoms with Gasteiger partial charge in [0.25, 0.3) is 0 Å². The van der Waals surface area contributed by atoms with Crippen LogP contribution in [0.3, 0.4) is 0 Å². The van der Waals surface area contributed by atoms with E-state index in [2.05, 4.69) is 57.3 Å². The van der Waals surface area contributed by atoms with Crippen molar-refractivity contribution in [2.45, 2.75) is 65.8 Å². The first-order chi connectivity index (χ1) is 9.54. The van der Waals surface area contributed by atoms with Gasteiger partial charge in [0.2, 0.25) is 0 Å². The number of nitrogens with one attached hydrogen (secondary N) is 1. The number of rotatable bonds is 8. The van der Waals surface area contributed by atoms with Gasteiger partial charge in [-0.25, -0.2) is 0 Å². The van der Waals surface area contributed by atoms with E-state index in [4.69, 9.17) is 0 Å². The molecule has 0 bridgehead atoms. The standard InChI is InChI=1S/C19H31N/c1-5-10-19(11-12-19)14-20-16(4)18-8-6-17(7-9-18)13-15(2)3/h6-9,15-16,20H,5,10-14H2,1-4H3. The minimum absolute atomic E-state index is 0.470. The Morgan fingerprint density at radius 3 is 2.25 bits per heavy atom. The van der Waals surface area contributed by atoms with Gasteiger partial charge in [-0.2, -0.15) is 0 Å². The van der Waals surface area contributed by atoms with E-state index in [0.717, 1.165) is 5.92 Å². The van der Waals surface area contributed by atoms with Crippen LogP contribution in [0, 0.1) is 11.3 Å². The average molecular weight is 273 g/mol. The monoisotopic (exact) mass is 273 g/mol. The van der Waals surface area contributed by atoms with Crippen LogP contribution in [0.15, 0.2) is 24.3 Å². The summed E-state index contributed by atoms with van der Waals surface area (Å²) in [6, 6.07) is 9.67. The highest BCUT2D eigenvalue weighted by Crippen LogP contribution is 2.49. The second-order valence-corrected chi connectivity index (χ2v) is 7.19. The molecule has 1 aliphatic rings. The Labute approximate surface area is 125 Å². The Hall–Kier alpha value is -0.820. The van der Waals surface area contributed by atoms with Crippen LogP contribution in [0.25, 0.3) is 0 Å². The maximum Gasteiger partial charge on any atom is 0.0292 e. The zero-order chi connectivity index (χ0) is 14.6. The Morgan fingerprint density at radius 1 is 1.10 bits per heavy atom. The van der Waals surface area contributed by atoms with Crippen LogP contribution in [-0.4, -0.2) is 6.54 Å².